The van der Waals surface area contributed by atoms with Gasteiger partial charge >= 0.3 is 0 Å². The summed E-state index contributed by atoms with van der Waals surface area (Å²) in [6.45, 7) is 1.31. The fourth-order valence-corrected chi connectivity index (χ4v) is 4.62. The van der Waals surface area contributed by atoms with Crippen molar-refractivity contribution in [3.05, 3.63) is 69.4 Å². The number of hydrogen-bond acceptors (Lipinski definition) is 4. The van der Waals surface area contributed by atoms with E-state index in [1.54, 1.807) is 0 Å². The molecule has 1 amide bonds. The van der Waals surface area contributed by atoms with Gasteiger partial charge in [-0.3, -0.25) is 9.48 Å². The number of thiazole rings is 1. The van der Waals surface area contributed by atoms with Crippen LogP contribution in [0.25, 0.3) is 0 Å². The van der Waals surface area contributed by atoms with E-state index in [0.717, 1.165) is 11.3 Å². The molecule has 3 aromatic rings. The van der Waals surface area contributed by atoms with E-state index < -0.39 is 0 Å². The number of aromatic nitrogens is 3. The number of hydrogen-bond donors (Lipinski definition) is 0. The van der Waals surface area contributed by atoms with Gasteiger partial charge < -0.3 is 4.90 Å². The SMILES string of the molecule is Cn1cc(C2CN(C(=O)c3nc(C4CC4)cs3)Cc3ccccc32)cn1. The Morgan fingerprint density at radius 2 is 2.12 bits per heavy atom. The number of fused-ring (bicyclic) bond motifs is 1. The van der Waals surface area contributed by atoms with Crippen molar-refractivity contribution in [2.45, 2.75) is 31.2 Å². The molecule has 0 bridgehead atoms. The molecule has 1 aromatic carbocycles. The lowest BCUT2D eigenvalue weighted by Gasteiger charge is -2.34. The van der Waals surface area contributed by atoms with Gasteiger partial charge in [-0.1, -0.05) is 24.3 Å². The first-order valence-corrected chi connectivity index (χ1v) is 9.88. The van der Waals surface area contributed by atoms with Crippen LogP contribution in [0.1, 0.15) is 56.9 Å². The Morgan fingerprint density at radius 1 is 1.27 bits per heavy atom. The summed E-state index contributed by atoms with van der Waals surface area (Å²) in [7, 11) is 1.93. The summed E-state index contributed by atoms with van der Waals surface area (Å²) in [6.07, 6.45) is 6.36. The van der Waals surface area contributed by atoms with E-state index in [1.807, 2.05) is 35.1 Å². The van der Waals surface area contributed by atoms with Crippen LogP contribution in [0, 0.1) is 0 Å². The third-order valence-electron chi connectivity index (χ3n) is 5.31. The van der Waals surface area contributed by atoms with E-state index in [2.05, 4.69) is 33.7 Å². The molecule has 1 atom stereocenters. The Bertz CT molecular complexity index is 972. The number of nitrogens with zero attached hydrogens (tertiary/aromatic N) is 4. The highest BCUT2D eigenvalue weighted by Gasteiger charge is 2.32. The number of carbonyl (C=O) groups excluding carboxylic acids is 1. The first-order chi connectivity index (χ1) is 12.7. The van der Waals surface area contributed by atoms with Crippen LogP contribution in [-0.2, 0) is 13.6 Å². The Labute approximate surface area is 156 Å². The van der Waals surface area contributed by atoms with E-state index in [-0.39, 0.29) is 11.8 Å². The van der Waals surface area contributed by atoms with Gasteiger partial charge in [0.2, 0.25) is 0 Å². The molecule has 5 nitrogen and oxygen atoms in total. The maximum atomic E-state index is 13.1. The summed E-state index contributed by atoms with van der Waals surface area (Å²) in [5, 5.41) is 7.00. The summed E-state index contributed by atoms with van der Waals surface area (Å²) in [5.74, 6) is 0.781. The average molecular weight is 364 g/mol. The zero-order chi connectivity index (χ0) is 17.7. The second kappa shape index (κ2) is 6.06. The van der Waals surface area contributed by atoms with Crippen molar-refractivity contribution in [3.63, 3.8) is 0 Å². The maximum Gasteiger partial charge on any atom is 0.283 e. The van der Waals surface area contributed by atoms with E-state index in [9.17, 15) is 4.79 Å². The van der Waals surface area contributed by atoms with E-state index in [1.165, 1.54) is 35.3 Å². The second-order valence-corrected chi connectivity index (χ2v) is 8.09. The van der Waals surface area contributed by atoms with Gasteiger partial charge in [-0.2, -0.15) is 5.10 Å². The molecule has 26 heavy (non-hydrogen) atoms. The van der Waals surface area contributed by atoms with Crippen LogP contribution < -0.4 is 0 Å². The van der Waals surface area contributed by atoms with Gasteiger partial charge in [-0.05, 0) is 29.5 Å². The molecule has 0 spiro atoms. The van der Waals surface area contributed by atoms with Crippen LogP contribution in [-0.4, -0.2) is 32.1 Å². The molecule has 1 fully saturated rings. The standard InChI is InChI=1S/C20H20N4OS/c1-23-9-15(8-21-23)17-11-24(10-14-4-2-3-5-16(14)17)20(25)19-22-18(12-26-19)13-6-7-13/h2-5,8-9,12-13,17H,6-7,10-11H2,1H3. The molecule has 2 aromatic heterocycles. The number of aryl methyl sites for hydroxylation is 1. The van der Waals surface area contributed by atoms with Crippen LogP contribution >= 0.6 is 11.3 Å². The van der Waals surface area contributed by atoms with Crippen molar-refractivity contribution in [3.8, 4) is 0 Å². The highest BCUT2D eigenvalue weighted by molar-refractivity contribution is 7.11. The van der Waals surface area contributed by atoms with Gasteiger partial charge in [0.1, 0.15) is 0 Å². The van der Waals surface area contributed by atoms with Crippen LogP contribution in [0.4, 0.5) is 0 Å². The molecule has 1 aliphatic carbocycles. The number of amides is 1. The first kappa shape index (κ1) is 15.8. The normalized spacial score (nSPS) is 19.4. The van der Waals surface area contributed by atoms with E-state index in [4.69, 9.17) is 0 Å². The van der Waals surface area contributed by atoms with Gasteiger partial charge in [0.25, 0.3) is 5.91 Å². The molecule has 132 valence electrons. The van der Waals surface area contributed by atoms with Crippen LogP contribution in [0.5, 0.6) is 0 Å². The molecular formula is C20H20N4OS. The maximum absolute atomic E-state index is 13.1. The topological polar surface area (TPSA) is 51.0 Å². The van der Waals surface area contributed by atoms with Gasteiger partial charge in [-0.25, -0.2) is 4.98 Å². The Kier molecular flexibility index (Phi) is 3.67. The molecule has 0 N–H and O–H groups in total. The summed E-state index contributed by atoms with van der Waals surface area (Å²) in [5.41, 5.74) is 4.75. The lowest BCUT2D eigenvalue weighted by molar-refractivity contribution is 0.0724. The minimum Gasteiger partial charge on any atom is -0.331 e. The Morgan fingerprint density at radius 3 is 2.88 bits per heavy atom. The smallest absolute Gasteiger partial charge is 0.283 e. The monoisotopic (exact) mass is 364 g/mol. The molecule has 1 aliphatic heterocycles. The lowest BCUT2D eigenvalue weighted by Crippen LogP contribution is -2.38. The fraction of sp³-hybridized carbons (Fsp3) is 0.350. The highest BCUT2D eigenvalue weighted by atomic mass is 32.1. The van der Waals surface area contributed by atoms with Gasteiger partial charge in [-0.15, -0.1) is 11.3 Å². The molecule has 2 aliphatic rings. The Hall–Kier alpha value is -2.47. The van der Waals surface area contributed by atoms with Crippen molar-refractivity contribution in [2.75, 3.05) is 6.54 Å². The Balaban J connectivity index is 1.47. The molecule has 5 rings (SSSR count). The molecule has 1 unspecified atom stereocenters. The van der Waals surface area contributed by atoms with Gasteiger partial charge in [0.05, 0.1) is 11.9 Å². The summed E-state index contributed by atoms with van der Waals surface area (Å²) in [6, 6.07) is 8.41. The predicted octanol–water partition coefficient (Wildman–Crippen LogP) is 3.54. The molecule has 0 saturated heterocycles. The van der Waals surface area contributed by atoms with Gasteiger partial charge in [0.15, 0.2) is 5.01 Å². The zero-order valence-electron chi connectivity index (χ0n) is 14.6. The number of rotatable bonds is 3. The lowest BCUT2D eigenvalue weighted by atomic mass is 9.86. The summed E-state index contributed by atoms with van der Waals surface area (Å²) >= 11 is 1.48. The molecule has 3 heterocycles. The van der Waals surface area contributed by atoms with Crippen molar-refractivity contribution >= 4 is 17.2 Å². The zero-order valence-corrected chi connectivity index (χ0v) is 15.4. The van der Waals surface area contributed by atoms with Crippen molar-refractivity contribution < 1.29 is 4.79 Å². The van der Waals surface area contributed by atoms with E-state index >= 15 is 0 Å². The van der Waals surface area contributed by atoms with Crippen LogP contribution in [0.2, 0.25) is 0 Å². The van der Waals surface area contributed by atoms with Crippen LogP contribution in [0.3, 0.4) is 0 Å². The minimum atomic E-state index is 0.0466. The first-order valence-electron chi connectivity index (χ1n) is 9.00. The molecule has 6 heteroatoms. The van der Waals surface area contributed by atoms with Crippen molar-refractivity contribution in [1.82, 2.24) is 19.7 Å². The van der Waals surface area contributed by atoms with Crippen molar-refractivity contribution in [1.29, 1.82) is 0 Å². The summed E-state index contributed by atoms with van der Waals surface area (Å²) < 4.78 is 1.82. The number of carbonyl (C=O) groups is 1. The van der Waals surface area contributed by atoms with E-state index in [0.29, 0.717) is 24.0 Å². The largest absolute Gasteiger partial charge is 0.331 e. The van der Waals surface area contributed by atoms with Crippen LogP contribution in [0.15, 0.2) is 42.0 Å². The highest BCUT2D eigenvalue weighted by Crippen LogP contribution is 2.40. The molecule has 1 saturated carbocycles. The summed E-state index contributed by atoms with van der Waals surface area (Å²) in [4.78, 5) is 19.7. The molecular weight excluding hydrogens is 344 g/mol. The second-order valence-electron chi connectivity index (χ2n) is 7.24. The number of benzene rings is 1. The quantitative estimate of drug-likeness (QED) is 0.714. The van der Waals surface area contributed by atoms with Crippen molar-refractivity contribution in [2.24, 2.45) is 7.05 Å². The third-order valence-corrected chi connectivity index (χ3v) is 6.16. The molecule has 0 radical (unpaired) electrons. The van der Waals surface area contributed by atoms with Gasteiger partial charge in [0, 0.05) is 43.5 Å². The fourth-order valence-electron chi connectivity index (χ4n) is 3.75. The third kappa shape index (κ3) is 2.74. The average Bonchev–Trinajstić information content (AvgIpc) is 3.23. The minimum absolute atomic E-state index is 0.0466. The predicted molar refractivity (Wildman–Crippen MR) is 100 cm³/mol.